The number of benzene rings is 2. The van der Waals surface area contributed by atoms with Crippen LogP contribution in [-0.4, -0.2) is 25.1 Å². The number of carbonyl (C=O) groups excluding carboxylic acids is 2. The highest BCUT2D eigenvalue weighted by molar-refractivity contribution is 6.04. The van der Waals surface area contributed by atoms with Crippen LogP contribution in [0, 0.1) is 6.92 Å². The molecule has 2 aliphatic rings. The zero-order chi connectivity index (χ0) is 18.3. The molecule has 1 aliphatic carbocycles. The first-order chi connectivity index (χ1) is 12.5. The van der Waals surface area contributed by atoms with Gasteiger partial charge >= 0.3 is 0 Å². The Balaban J connectivity index is 1.45. The van der Waals surface area contributed by atoms with Crippen LogP contribution in [0.1, 0.15) is 40.7 Å². The molecule has 0 bridgehead atoms. The molecule has 134 valence electrons. The van der Waals surface area contributed by atoms with Gasteiger partial charge in [0.25, 0.3) is 5.91 Å². The smallest absolute Gasteiger partial charge is 0.262 e. The molecule has 6 nitrogen and oxygen atoms in total. The SMILES string of the molecule is Cc1ccc(OCC(=O)Nc2ccc3c(c2)OCO3)c2c1[C@@H](C)CC2=O. The second-order valence-corrected chi connectivity index (χ2v) is 6.60. The van der Waals surface area contributed by atoms with Crippen molar-refractivity contribution >= 4 is 17.4 Å². The molecule has 26 heavy (non-hydrogen) atoms. The van der Waals surface area contributed by atoms with Crippen LogP contribution in [0.15, 0.2) is 30.3 Å². The van der Waals surface area contributed by atoms with Crippen LogP contribution in [0.2, 0.25) is 0 Å². The molecule has 0 spiro atoms. The summed E-state index contributed by atoms with van der Waals surface area (Å²) in [6, 6.07) is 8.87. The van der Waals surface area contributed by atoms with Crippen LogP contribution in [-0.2, 0) is 4.79 Å². The number of ketones is 1. The Morgan fingerprint density at radius 2 is 2.04 bits per heavy atom. The van der Waals surface area contributed by atoms with Gasteiger partial charge in [0.15, 0.2) is 23.9 Å². The van der Waals surface area contributed by atoms with Gasteiger partial charge in [-0.05, 0) is 42.2 Å². The van der Waals surface area contributed by atoms with Crippen molar-refractivity contribution in [2.75, 3.05) is 18.7 Å². The first kappa shape index (κ1) is 16.4. The van der Waals surface area contributed by atoms with Gasteiger partial charge in [-0.1, -0.05) is 13.0 Å². The van der Waals surface area contributed by atoms with Gasteiger partial charge in [0.1, 0.15) is 5.75 Å². The quantitative estimate of drug-likeness (QED) is 0.911. The molecule has 1 N–H and O–H groups in total. The Hall–Kier alpha value is -3.02. The summed E-state index contributed by atoms with van der Waals surface area (Å²) in [4.78, 5) is 24.5. The van der Waals surface area contributed by atoms with Crippen LogP contribution in [0.25, 0.3) is 0 Å². The van der Waals surface area contributed by atoms with E-state index in [9.17, 15) is 9.59 Å². The fourth-order valence-corrected chi connectivity index (χ4v) is 3.54. The maximum absolute atomic E-state index is 12.3. The second-order valence-electron chi connectivity index (χ2n) is 6.60. The summed E-state index contributed by atoms with van der Waals surface area (Å²) >= 11 is 0. The zero-order valence-corrected chi connectivity index (χ0v) is 14.6. The summed E-state index contributed by atoms with van der Waals surface area (Å²) in [6.07, 6.45) is 0.486. The molecule has 0 radical (unpaired) electrons. The predicted octanol–water partition coefficient (Wildman–Crippen LogP) is 3.43. The van der Waals surface area contributed by atoms with Crippen LogP contribution < -0.4 is 19.5 Å². The van der Waals surface area contributed by atoms with Crippen molar-refractivity contribution in [1.29, 1.82) is 0 Å². The number of Topliss-reactive ketones (excluding diaryl/α,β-unsaturated/α-hetero) is 1. The van der Waals surface area contributed by atoms with E-state index in [4.69, 9.17) is 14.2 Å². The lowest BCUT2D eigenvalue weighted by Crippen LogP contribution is -2.20. The Labute approximate surface area is 151 Å². The molecule has 1 atom stereocenters. The van der Waals surface area contributed by atoms with Crippen molar-refractivity contribution < 1.29 is 23.8 Å². The van der Waals surface area contributed by atoms with E-state index >= 15 is 0 Å². The van der Waals surface area contributed by atoms with Crippen molar-refractivity contribution in [3.8, 4) is 17.2 Å². The number of carbonyl (C=O) groups is 2. The van der Waals surface area contributed by atoms with Crippen LogP contribution in [0.3, 0.4) is 0 Å². The van der Waals surface area contributed by atoms with E-state index in [0.29, 0.717) is 34.9 Å². The fourth-order valence-electron chi connectivity index (χ4n) is 3.54. The minimum absolute atomic E-state index is 0.0716. The minimum atomic E-state index is -0.309. The Bertz CT molecular complexity index is 905. The molecule has 1 aliphatic heterocycles. The molecule has 0 fully saturated rings. The van der Waals surface area contributed by atoms with Gasteiger partial charge < -0.3 is 19.5 Å². The van der Waals surface area contributed by atoms with Gasteiger partial charge in [-0.3, -0.25) is 9.59 Å². The number of aryl methyl sites for hydroxylation is 1. The van der Waals surface area contributed by atoms with Crippen LogP contribution in [0.4, 0.5) is 5.69 Å². The number of ether oxygens (including phenoxy) is 3. The normalized spacial score (nSPS) is 17.2. The van der Waals surface area contributed by atoms with Crippen molar-refractivity contribution in [2.45, 2.75) is 26.2 Å². The lowest BCUT2D eigenvalue weighted by Gasteiger charge is -2.13. The second kappa shape index (κ2) is 6.37. The lowest BCUT2D eigenvalue weighted by molar-refractivity contribution is -0.118. The third-order valence-corrected chi connectivity index (χ3v) is 4.70. The van der Waals surface area contributed by atoms with E-state index in [0.717, 1.165) is 11.1 Å². The average molecular weight is 353 g/mol. The highest BCUT2D eigenvalue weighted by Gasteiger charge is 2.31. The molecule has 1 amide bonds. The third kappa shape index (κ3) is 2.87. The summed E-state index contributed by atoms with van der Waals surface area (Å²) in [5.41, 5.74) is 3.33. The Morgan fingerprint density at radius 1 is 1.23 bits per heavy atom. The lowest BCUT2D eigenvalue weighted by atomic mass is 9.97. The average Bonchev–Trinajstić information content (AvgIpc) is 3.19. The number of rotatable bonds is 4. The molecule has 0 saturated carbocycles. The van der Waals surface area contributed by atoms with E-state index in [-0.39, 0.29) is 31.0 Å². The fraction of sp³-hybridized carbons (Fsp3) is 0.300. The third-order valence-electron chi connectivity index (χ3n) is 4.70. The molecular weight excluding hydrogens is 334 g/mol. The first-order valence-electron chi connectivity index (χ1n) is 8.52. The molecule has 4 rings (SSSR count). The maximum atomic E-state index is 12.3. The largest absolute Gasteiger partial charge is 0.483 e. The van der Waals surface area contributed by atoms with Crippen molar-refractivity contribution in [1.82, 2.24) is 0 Å². The van der Waals surface area contributed by atoms with Gasteiger partial charge in [-0.25, -0.2) is 0 Å². The summed E-state index contributed by atoms with van der Waals surface area (Å²) in [7, 11) is 0. The van der Waals surface area contributed by atoms with Crippen molar-refractivity contribution in [2.24, 2.45) is 0 Å². The van der Waals surface area contributed by atoms with Gasteiger partial charge in [0.2, 0.25) is 6.79 Å². The number of anilines is 1. The van der Waals surface area contributed by atoms with Crippen LogP contribution >= 0.6 is 0 Å². The molecule has 2 aromatic carbocycles. The van der Waals surface area contributed by atoms with E-state index in [1.807, 2.05) is 19.9 Å². The molecular formula is C20H19NO5. The first-order valence-corrected chi connectivity index (χ1v) is 8.52. The molecule has 0 aromatic heterocycles. The van der Waals surface area contributed by atoms with Crippen molar-refractivity contribution in [3.63, 3.8) is 0 Å². The highest BCUT2D eigenvalue weighted by atomic mass is 16.7. The Kier molecular flexibility index (Phi) is 4.03. The summed E-state index contributed by atoms with van der Waals surface area (Å²) in [6.45, 7) is 4.03. The topological polar surface area (TPSA) is 73.9 Å². The summed E-state index contributed by atoms with van der Waals surface area (Å²) < 4.78 is 16.2. The minimum Gasteiger partial charge on any atom is -0.483 e. The number of fused-ring (bicyclic) bond motifs is 2. The van der Waals surface area contributed by atoms with E-state index < -0.39 is 0 Å². The highest BCUT2D eigenvalue weighted by Crippen LogP contribution is 2.40. The number of hydrogen-bond donors (Lipinski definition) is 1. The molecule has 1 heterocycles. The predicted molar refractivity (Wildman–Crippen MR) is 95.2 cm³/mol. The summed E-state index contributed by atoms with van der Waals surface area (Å²) in [5.74, 6) is 1.67. The van der Waals surface area contributed by atoms with E-state index in [1.165, 1.54) is 0 Å². The van der Waals surface area contributed by atoms with Gasteiger partial charge in [-0.15, -0.1) is 0 Å². The van der Waals surface area contributed by atoms with Gasteiger partial charge in [-0.2, -0.15) is 0 Å². The monoisotopic (exact) mass is 353 g/mol. The van der Waals surface area contributed by atoms with E-state index in [1.54, 1.807) is 24.3 Å². The van der Waals surface area contributed by atoms with Crippen LogP contribution in [0.5, 0.6) is 17.2 Å². The Morgan fingerprint density at radius 3 is 2.88 bits per heavy atom. The molecule has 6 heteroatoms. The van der Waals surface area contributed by atoms with E-state index in [2.05, 4.69) is 5.32 Å². The van der Waals surface area contributed by atoms with Gasteiger partial charge in [0.05, 0.1) is 5.56 Å². The zero-order valence-electron chi connectivity index (χ0n) is 14.6. The number of amides is 1. The number of nitrogens with one attached hydrogen (secondary N) is 1. The molecule has 0 unspecified atom stereocenters. The van der Waals surface area contributed by atoms with Crippen molar-refractivity contribution in [3.05, 3.63) is 47.0 Å². The molecule has 0 saturated heterocycles. The molecule has 2 aromatic rings. The van der Waals surface area contributed by atoms with Gasteiger partial charge in [0, 0.05) is 18.2 Å². The maximum Gasteiger partial charge on any atom is 0.262 e. The summed E-state index contributed by atoms with van der Waals surface area (Å²) in [5, 5.41) is 2.76. The standard InChI is InChI=1S/C20H19NO5/c1-11-3-5-16(20-14(22)7-12(2)19(11)20)24-9-18(23)21-13-4-6-15-17(8-13)26-10-25-15/h3-6,8,12H,7,9-10H2,1-2H3,(H,21,23)/t12-/m0/s1. The number of hydrogen-bond acceptors (Lipinski definition) is 5.